The molecule has 2 aromatic rings. The highest BCUT2D eigenvalue weighted by Gasteiger charge is 2.17. The van der Waals surface area contributed by atoms with Gasteiger partial charge < -0.3 is 10.6 Å². The lowest BCUT2D eigenvalue weighted by molar-refractivity contribution is -0.384. The van der Waals surface area contributed by atoms with Gasteiger partial charge in [0.15, 0.2) is 0 Å². The van der Waals surface area contributed by atoms with E-state index < -0.39 is 4.92 Å². The van der Waals surface area contributed by atoms with Gasteiger partial charge in [0.2, 0.25) is 11.8 Å². The summed E-state index contributed by atoms with van der Waals surface area (Å²) in [4.78, 5) is 22.4. The van der Waals surface area contributed by atoms with Crippen LogP contribution >= 0.6 is 11.3 Å². The molecule has 0 aliphatic carbocycles. The van der Waals surface area contributed by atoms with Crippen LogP contribution in [0.5, 0.6) is 0 Å². The van der Waals surface area contributed by atoms with Crippen molar-refractivity contribution in [3.63, 3.8) is 0 Å². The first kappa shape index (κ1) is 13.1. The summed E-state index contributed by atoms with van der Waals surface area (Å²) in [6.07, 6.45) is 2.87. The molecule has 2 N–H and O–H groups in total. The summed E-state index contributed by atoms with van der Waals surface area (Å²) in [5.41, 5.74) is -0.154. The van der Waals surface area contributed by atoms with E-state index in [2.05, 4.69) is 25.6 Å². The number of aromatic nitrogens is 3. The summed E-state index contributed by atoms with van der Waals surface area (Å²) < 4.78 is 0. The summed E-state index contributed by atoms with van der Waals surface area (Å²) in [5.74, 6) is 0.542. The second kappa shape index (κ2) is 6.05. The van der Waals surface area contributed by atoms with Crippen molar-refractivity contribution in [1.29, 1.82) is 0 Å². The van der Waals surface area contributed by atoms with E-state index in [0.29, 0.717) is 19.0 Å². The van der Waals surface area contributed by atoms with Gasteiger partial charge in [0.1, 0.15) is 11.2 Å². The molecule has 0 saturated carbocycles. The number of rotatable bonds is 6. The largest absolute Gasteiger partial charge is 0.358 e. The van der Waals surface area contributed by atoms with Crippen LogP contribution in [0.2, 0.25) is 0 Å². The molecule has 0 bridgehead atoms. The van der Waals surface area contributed by atoms with Crippen molar-refractivity contribution in [2.45, 2.75) is 13.5 Å². The standard InChI is InChI=1S/C10H12N6O2S/c1-2-11-10-14-5-7(16(17)18)9(15-10)13-6-8-12-3-4-19-8/h3-5H,2,6H2,1H3,(H2,11,13,14,15). The molecule has 2 rings (SSSR count). The molecule has 0 fully saturated rings. The van der Waals surface area contributed by atoms with Crippen LogP contribution in [0, 0.1) is 10.1 Å². The highest BCUT2D eigenvalue weighted by Crippen LogP contribution is 2.22. The highest BCUT2D eigenvalue weighted by atomic mass is 32.1. The summed E-state index contributed by atoms with van der Waals surface area (Å²) in [6.45, 7) is 2.93. The first-order valence-electron chi connectivity index (χ1n) is 5.58. The predicted octanol–water partition coefficient (Wildman–Crippen LogP) is 1.89. The topological polar surface area (TPSA) is 106 Å². The van der Waals surface area contributed by atoms with Crippen molar-refractivity contribution in [2.75, 3.05) is 17.2 Å². The van der Waals surface area contributed by atoms with Crippen LogP contribution in [0.1, 0.15) is 11.9 Å². The molecule has 9 heteroatoms. The molecule has 0 aromatic carbocycles. The minimum Gasteiger partial charge on any atom is -0.358 e. The average molecular weight is 280 g/mol. The maximum Gasteiger partial charge on any atom is 0.329 e. The van der Waals surface area contributed by atoms with Crippen molar-refractivity contribution >= 4 is 28.8 Å². The summed E-state index contributed by atoms with van der Waals surface area (Å²) in [5, 5.41) is 19.4. The van der Waals surface area contributed by atoms with Gasteiger partial charge in [-0.15, -0.1) is 11.3 Å². The Morgan fingerprint density at radius 1 is 1.42 bits per heavy atom. The molecule has 2 aromatic heterocycles. The van der Waals surface area contributed by atoms with Gasteiger partial charge in [-0.2, -0.15) is 4.98 Å². The summed E-state index contributed by atoms with van der Waals surface area (Å²) >= 11 is 1.47. The Morgan fingerprint density at radius 2 is 2.26 bits per heavy atom. The molecule has 0 radical (unpaired) electrons. The van der Waals surface area contributed by atoms with Gasteiger partial charge in [-0.25, -0.2) is 9.97 Å². The van der Waals surface area contributed by atoms with E-state index in [1.165, 1.54) is 17.5 Å². The number of nitro groups is 1. The Balaban J connectivity index is 2.19. The van der Waals surface area contributed by atoms with Gasteiger partial charge in [0, 0.05) is 18.1 Å². The fourth-order valence-electron chi connectivity index (χ4n) is 1.38. The zero-order valence-electron chi connectivity index (χ0n) is 10.2. The molecular weight excluding hydrogens is 268 g/mol. The first-order chi connectivity index (χ1) is 9.20. The van der Waals surface area contributed by atoms with Gasteiger partial charge in [-0.3, -0.25) is 10.1 Å². The normalized spacial score (nSPS) is 10.2. The minimum atomic E-state index is -0.514. The molecule has 2 heterocycles. The van der Waals surface area contributed by atoms with E-state index in [9.17, 15) is 10.1 Å². The molecule has 0 aliphatic heterocycles. The minimum absolute atomic E-state index is 0.154. The Kier molecular flexibility index (Phi) is 4.18. The number of nitrogens with one attached hydrogen (secondary N) is 2. The zero-order valence-corrected chi connectivity index (χ0v) is 11.0. The molecule has 0 saturated heterocycles. The lowest BCUT2D eigenvalue weighted by atomic mass is 10.4. The zero-order chi connectivity index (χ0) is 13.7. The van der Waals surface area contributed by atoms with Crippen LogP contribution in [0.15, 0.2) is 17.8 Å². The fourth-order valence-corrected chi connectivity index (χ4v) is 1.94. The van der Waals surface area contributed by atoms with Crippen LogP contribution in [0.25, 0.3) is 0 Å². The van der Waals surface area contributed by atoms with Crippen LogP contribution in [-0.4, -0.2) is 26.4 Å². The maximum absolute atomic E-state index is 10.9. The molecule has 0 amide bonds. The third-order valence-electron chi connectivity index (χ3n) is 2.19. The first-order valence-corrected chi connectivity index (χ1v) is 6.46. The predicted molar refractivity (Wildman–Crippen MR) is 72.3 cm³/mol. The number of anilines is 2. The molecule has 0 spiro atoms. The highest BCUT2D eigenvalue weighted by molar-refractivity contribution is 7.09. The van der Waals surface area contributed by atoms with Crippen molar-refractivity contribution in [2.24, 2.45) is 0 Å². The number of nitrogens with zero attached hydrogens (tertiary/aromatic N) is 4. The summed E-state index contributed by atoms with van der Waals surface area (Å²) in [7, 11) is 0. The van der Waals surface area contributed by atoms with Crippen molar-refractivity contribution in [1.82, 2.24) is 15.0 Å². The average Bonchev–Trinajstić information content (AvgIpc) is 2.89. The fraction of sp³-hybridized carbons (Fsp3) is 0.300. The molecule has 100 valence electrons. The smallest absolute Gasteiger partial charge is 0.329 e. The Morgan fingerprint density at radius 3 is 2.89 bits per heavy atom. The third kappa shape index (κ3) is 3.35. The Bertz CT molecular complexity index is 559. The molecular formula is C10H12N6O2S. The van der Waals surface area contributed by atoms with Crippen LogP contribution < -0.4 is 10.6 Å². The van der Waals surface area contributed by atoms with E-state index in [-0.39, 0.29) is 11.5 Å². The SMILES string of the molecule is CCNc1ncc([N+](=O)[O-])c(NCc2nccs2)n1. The second-order valence-electron chi connectivity index (χ2n) is 3.49. The Hall–Kier alpha value is -2.29. The quantitative estimate of drug-likeness (QED) is 0.614. The van der Waals surface area contributed by atoms with Crippen molar-refractivity contribution < 1.29 is 4.92 Å². The van der Waals surface area contributed by atoms with E-state index in [1.54, 1.807) is 6.20 Å². The molecule has 0 unspecified atom stereocenters. The van der Waals surface area contributed by atoms with Crippen LogP contribution in [-0.2, 0) is 6.54 Å². The summed E-state index contributed by atoms with van der Waals surface area (Å²) in [6, 6.07) is 0. The van der Waals surface area contributed by atoms with Gasteiger partial charge in [-0.05, 0) is 6.92 Å². The lowest BCUT2D eigenvalue weighted by Gasteiger charge is -2.06. The number of hydrogen-bond acceptors (Lipinski definition) is 8. The van der Waals surface area contributed by atoms with Gasteiger partial charge in [0.05, 0.1) is 11.5 Å². The number of thiazole rings is 1. The van der Waals surface area contributed by atoms with Gasteiger partial charge in [-0.1, -0.05) is 0 Å². The van der Waals surface area contributed by atoms with E-state index in [4.69, 9.17) is 0 Å². The molecule has 0 aliphatic rings. The van der Waals surface area contributed by atoms with E-state index >= 15 is 0 Å². The number of hydrogen-bond donors (Lipinski definition) is 2. The lowest BCUT2D eigenvalue weighted by Crippen LogP contribution is -2.09. The molecule has 0 atom stereocenters. The third-order valence-corrected chi connectivity index (χ3v) is 2.97. The molecule has 8 nitrogen and oxygen atoms in total. The van der Waals surface area contributed by atoms with Crippen molar-refractivity contribution in [3.05, 3.63) is 32.9 Å². The van der Waals surface area contributed by atoms with Crippen molar-refractivity contribution in [3.8, 4) is 0 Å². The maximum atomic E-state index is 10.9. The second-order valence-corrected chi connectivity index (χ2v) is 4.47. The van der Waals surface area contributed by atoms with Gasteiger partial charge in [0.25, 0.3) is 0 Å². The van der Waals surface area contributed by atoms with Crippen LogP contribution in [0.3, 0.4) is 0 Å². The van der Waals surface area contributed by atoms with E-state index in [0.717, 1.165) is 5.01 Å². The van der Waals surface area contributed by atoms with Gasteiger partial charge >= 0.3 is 5.69 Å². The monoisotopic (exact) mass is 280 g/mol. The van der Waals surface area contributed by atoms with Crippen LogP contribution in [0.4, 0.5) is 17.5 Å². The molecule has 19 heavy (non-hydrogen) atoms. The van der Waals surface area contributed by atoms with E-state index in [1.807, 2.05) is 12.3 Å². The Labute approximate surface area is 113 Å².